The number of hydrogen-bond donors (Lipinski definition) is 1. The highest BCUT2D eigenvalue weighted by atomic mass is 15.1. The van der Waals surface area contributed by atoms with E-state index >= 15 is 0 Å². The monoisotopic (exact) mass is 283 g/mol. The van der Waals surface area contributed by atoms with E-state index in [0.717, 1.165) is 25.9 Å². The van der Waals surface area contributed by atoms with Crippen molar-refractivity contribution >= 4 is 0 Å². The fourth-order valence-electron chi connectivity index (χ4n) is 3.17. The van der Waals surface area contributed by atoms with Gasteiger partial charge in [-0.1, -0.05) is 24.6 Å². The smallest absolute Gasteiger partial charge is 0.0997 e. The van der Waals surface area contributed by atoms with Gasteiger partial charge in [-0.2, -0.15) is 0 Å². The lowest BCUT2D eigenvalue weighted by Gasteiger charge is -2.17. The summed E-state index contributed by atoms with van der Waals surface area (Å²) in [6.07, 6.45) is 8.05. The van der Waals surface area contributed by atoms with Gasteiger partial charge in [-0.05, 0) is 57.2 Å². The molecule has 0 radical (unpaired) electrons. The molecule has 0 bridgehead atoms. The first-order chi connectivity index (χ1) is 10.3. The first kappa shape index (κ1) is 14.3. The van der Waals surface area contributed by atoms with Gasteiger partial charge in [-0.15, -0.1) is 0 Å². The fourth-order valence-corrected chi connectivity index (χ4v) is 3.17. The molecule has 2 aromatic rings. The van der Waals surface area contributed by atoms with Crippen molar-refractivity contribution in [2.45, 2.75) is 52.5 Å². The van der Waals surface area contributed by atoms with E-state index in [9.17, 15) is 0 Å². The SMILES string of the molecule is CCCNCc1cc(C)ccc1-n1cnc2c1CCCC2. The minimum atomic E-state index is 0.928. The Hall–Kier alpha value is -1.61. The van der Waals surface area contributed by atoms with Gasteiger partial charge in [0, 0.05) is 12.2 Å². The maximum absolute atomic E-state index is 4.64. The predicted octanol–water partition coefficient (Wildman–Crippen LogP) is 3.56. The molecule has 3 nitrogen and oxygen atoms in total. The van der Waals surface area contributed by atoms with Crippen LogP contribution >= 0.6 is 0 Å². The lowest BCUT2D eigenvalue weighted by Crippen LogP contribution is -2.16. The Kier molecular flexibility index (Phi) is 4.39. The highest BCUT2D eigenvalue weighted by Gasteiger charge is 2.17. The van der Waals surface area contributed by atoms with Gasteiger partial charge in [-0.3, -0.25) is 0 Å². The van der Waals surface area contributed by atoms with Crippen molar-refractivity contribution in [2.24, 2.45) is 0 Å². The molecule has 3 rings (SSSR count). The number of aryl methyl sites for hydroxylation is 2. The molecule has 1 aliphatic carbocycles. The number of benzene rings is 1. The van der Waals surface area contributed by atoms with Gasteiger partial charge in [0.1, 0.15) is 0 Å². The van der Waals surface area contributed by atoms with Crippen molar-refractivity contribution in [3.8, 4) is 5.69 Å². The molecule has 0 atom stereocenters. The second-order valence-corrected chi connectivity index (χ2v) is 6.02. The molecule has 3 heteroatoms. The molecule has 0 spiro atoms. The van der Waals surface area contributed by atoms with Crippen molar-refractivity contribution < 1.29 is 0 Å². The number of rotatable bonds is 5. The summed E-state index contributed by atoms with van der Waals surface area (Å²) in [6, 6.07) is 6.75. The van der Waals surface area contributed by atoms with Crippen LogP contribution in [0, 0.1) is 6.92 Å². The van der Waals surface area contributed by atoms with E-state index in [0.29, 0.717) is 0 Å². The summed E-state index contributed by atoms with van der Waals surface area (Å²) in [5.74, 6) is 0. The molecule has 0 unspecified atom stereocenters. The standard InChI is InChI=1S/C18H25N3/c1-3-10-19-12-15-11-14(2)8-9-17(15)21-13-20-16-6-4-5-7-18(16)21/h8-9,11,13,19H,3-7,10,12H2,1-2H3. The predicted molar refractivity (Wildman–Crippen MR) is 86.9 cm³/mol. The minimum absolute atomic E-state index is 0.928. The fraction of sp³-hybridized carbons (Fsp3) is 0.500. The van der Waals surface area contributed by atoms with Crippen molar-refractivity contribution in [1.82, 2.24) is 14.9 Å². The molecule has 1 aromatic carbocycles. The van der Waals surface area contributed by atoms with Crippen LogP contribution in [0.5, 0.6) is 0 Å². The van der Waals surface area contributed by atoms with E-state index in [4.69, 9.17) is 0 Å². The Morgan fingerprint density at radius 1 is 1.24 bits per heavy atom. The molecular formula is C18H25N3. The number of aromatic nitrogens is 2. The summed E-state index contributed by atoms with van der Waals surface area (Å²) in [5.41, 5.74) is 6.70. The summed E-state index contributed by atoms with van der Waals surface area (Å²) in [7, 11) is 0. The molecule has 1 heterocycles. The average molecular weight is 283 g/mol. The zero-order chi connectivity index (χ0) is 14.7. The lowest BCUT2D eigenvalue weighted by molar-refractivity contribution is 0.650. The van der Waals surface area contributed by atoms with Crippen LogP contribution in [-0.4, -0.2) is 16.1 Å². The van der Waals surface area contributed by atoms with Crippen molar-refractivity contribution in [3.05, 3.63) is 47.0 Å². The molecule has 1 N–H and O–H groups in total. The van der Waals surface area contributed by atoms with Gasteiger partial charge in [0.15, 0.2) is 0 Å². The summed E-state index contributed by atoms with van der Waals surface area (Å²) in [5, 5.41) is 3.53. The number of nitrogens with one attached hydrogen (secondary N) is 1. The number of nitrogens with zero attached hydrogens (tertiary/aromatic N) is 2. The van der Waals surface area contributed by atoms with E-state index in [1.54, 1.807) is 0 Å². The Bertz CT molecular complexity index is 613. The molecule has 1 aliphatic rings. The van der Waals surface area contributed by atoms with E-state index in [1.165, 1.54) is 47.5 Å². The molecule has 0 aliphatic heterocycles. The molecule has 112 valence electrons. The highest BCUT2D eigenvalue weighted by Crippen LogP contribution is 2.25. The van der Waals surface area contributed by atoms with Gasteiger partial charge in [0.05, 0.1) is 17.7 Å². The van der Waals surface area contributed by atoms with Crippen LogP contribution < -0.4 is 5.32 Å². The first-order valence-corrected chi connectivity index (χ1v) is 8.15. The third-order valence-corrected chi connectivity index (χ3v) is 4.27. The van der Waals surface area contributed by atoms with Crippen LogP contribution in [0.25, 0.3) is 5.69 Å². The molecule has 1 aromatic heterocycles. The van der Waals surface area contributed by atoms with Gasteiger partial charge < -0.3 is 9.88 Å². The summed E-state index contributed by atoms with van der Waals surface area (Å²) in [4.78, 5) is 4.64. The zero-order valence-corrected chi connectivity index (χ0v) is 13.2. The highest BCUT2D eigenvalue weighted by molar-refractivity contribution is 5.45. The Morgan fingerprint density at radius 3 is 2.95 bits per heavy atom. The van der Waals surface area contributed by atoms with E-state index < -0.39 is 0 Å². The van der Waals surface area contributed by atoms with E-state index in [2.05, 4.69) is 46.9 Å². The normalized spacial score (nSPS) is 14.2. The van der Waals surface area contributed by atoms with Crippen molar-refractivity contribution in [1.29, 1.82) is 0 Å². The van der Waals surface area contributed by atoms with E-state index in [-0.39, 0.29) is 0 Å². The van der Waals surface area contributed by atoms with Crippen LogP contribution in [0.4, 0.5) is 0 Å². The zero-order valence-electron chi connectivity index (χ0n) is 13.2. The van der Waals surface area contributed by atoms with Crippen LogP contribution in [0.15, 0.2) is 24.5 Å². The number of imidazole rings is 1. The van der Waals surface area contributed by atoms with Gasteiger partial charge in [-0.25, -0.2) is 4.98 Å². The Balaban J connectivity index is 1.95. The van der Waals surface area contributed by atoms with Crippen LogP contribution in [0.3, 0.4) is 0 Å². The summed E-state index contributed by atoms with van der Waals surface area (Å²) >= 11 is 0. The topological polar surface area (TPSA) is 29.9 Å². The quantitative estimate of drug-likeness (QED) is 0.850. The van der Waals surface area contributed by atoms with Crippen LogP contribution in [0.1, 0.15) is 48.7 Å². The van der Waals surface area contributed by atoms with Gasteiger partial charge >= 0.3 is 0 Å². The second kappa shape index (κ2) is 6.44. The number of hydrogen-bond acceptors (Lipinski definition) is 2. The Labute approximate surface area is 127 Å². The largest absolute Gasteiger partial charge is 0.313 e. The maximum atomic E-state index is 4.64. The molecule has 21 heavy (non-hydrogen) atoms. The Morgan fingerprint density at radius 2 is 2.10 bits per heavy atom. The first-order valence-electron chi connectivity index (χ1n) is 8.15. The van der Waals surface area contributed by atoms with Gasteiger partial charge in [0.25, 0.3) is 0 Å². The lowest BCUT2D eigenvalue weighted by atomic mass is 10.0. The third-order valence-electron chi connectivity index (χ3n) is 4.27. The maximum Gasteiger partial charge on any atom is 0.0997 e. The molecule has 0 saturated heterocycles. The molecular weight excluding hydrogens is 258 g/mol. The summed E-state index contributed by atoms with van der Waals surface area (Å²) in [6.45, 7) is 6.36. The van der Waals surface area contributed by atoms with Gasteiger partial charge in [0.2, 0.25) is 0 Å². The van der Waals surface area contributed by atoms with Crippen LogP contribution in [-0.2, 0) is 19.4 Å². The second-order valence-electron chi connectivity index (χ2n) is 6.02. The van der Waals surface area contributed by atoms with E-state index in [1.807, 2.05) is 6.33 Å². The number of fused-ring (bicyclic) bond motifs is 1. The average Bonchev–Trinajstić information content (AvgIpc) is 2.92. The van der Waals surface area contributed by atoms with Crippen molar-refractivity contribution in [3.63, 3.8) is 0 Å². The summed E-state index contributed by atoms with van der Waals surface area (Å²) < 4.78 is 2.32. The third kappa shape index (κ3) is 3.03. The molecule has 0 fully saturated rings. The molecule has 0 saturated carbocycles. The van der Waals surface area contributed by atoms with Crippen molar-refractivity contribution in [2.75, 3.05) is 6.54 Å². The molecule has 0 amide bonds. The van der Waals surface area contributed by atoms with Crippen LogP contribution in [0.2, 0.25) is 0 Å². The minimum Gasteiger partial charge on any atom is -0.313 e.